The van der Waals surface area contributed by atoms with Gasteiger partial charge < -0.3 is 15.8 Å². The number of sulfonamides is 1. The van der Waals surface area contributed by atoms with E-state index in [9.17, 15) is 13.2 Å². The smallest absolute Gasteiger partial charge is 0.220 e. The molecule has 0 saturated carbocycles. The Morgan fingerprint density at radius 3 is 2.39 bits per heavy atom. The van der Waals surface area contributed by atoms with E-state index in [2.05, 4.69) is 5.32 Å². The summed E-state index contributed by atoms with van der Waals surface area (Å²) in [5.74, 6) is -0.0633. The predicted molar refractivity (Wildman–Crippen MR) is 113 cm³/mol. The molecule has 0 aliphatic carbocycles. The summed E-state index contributed by atoms with van der Waals surface area (Å²) in [4.78, 5) is 12.0. The Hall–Kier alpha value is -1.19. The number of carbonyl (C=O) groups excluding carboxylic acids is 1. The number of unbranched alkanes of at least 4 members (excludes halogenated alkanes) is 3. The molecule has 1 heterocycles. The summed E-state index contributed by atoms with van der Waals surface area (Å²) in [7, 11) is -3.39. The number of rotatable bonds is 11. The third-order valence-electron chi connectivity index (χ3n) is 4.65. The highest BCUT2D eigenvalue weighted by Gasteiger charge is 2.25. The van der Waals surface area contributed by atoms with Gasteiger partial charge in [-0.3, -0.25) is 4.79 Å². The van der Waals surface area contributed by atoms with E-state index in [1.807, 2.05) is 24.3 Å². The molecule has 1 amide bonds. The van der Waals surface area contributed by atoms with Crippen molar-refractivity contribution in [2.75, 3.05) is 32.8 Å². The van der Waals surface area contributed by atoms with Crippen LogP contribution in [0.15, 0.2) is 24.3 Å². The minimum Gasteiger partial charge on any atom is -0.379 e. The van der Waals surface area contributed by atoms with Crippen molar-refractivity contribution in [3.05, 3.63) is 35.4 Å². The second-order valence-corrected chi connectivity index (χ2v) is 8.73. The summed E-state index contributed by atoms with van der Waals surface area (Å²) >= 11 is 0. The zero-order chi connectivity index (χ0) is 19.5. The van der Waals surface area contributed by atoms with Gasteiger partial charge in [-0.1, -0.05) is 37.1 Å². The van der Waals surface area contributed by atoms with Crippen LogP contribution in [0.1, 0.15) is 43.2 Å². The van der Waals surface area contributed by atoms with E-state index in [4.69, 9.17) is 10.5 Å². The highest BCUT2D eigenvalue weighted by Crippen LogP contribution is 2.16. The molecule has 9 heteroatoms. The highest BCUT2D eigenvalue weighted by atomic mass is 35.5. The van der Waals surface area contributed by atoms with E-state index < -0.39 is 10.0 Å². The first-order valence-corrected chi connectivity index (χ1v) is 11.2. The minimum atomic E-state index is -3.39. The second-order valence-electron chi connectivity index (χ2n) is 6.77. The van der Waals surface area contributed by atoms with Gasteiger partial charge in [0.2, 0.25) is 15.9 Å². The molecule has 28 heavy (non-hydrogen) atoms. The Balaban J connectivity index is 0.00000392. The number of morpholine rings is 1. The van der Waals surface area contributed by atoms with Gasteiger partial charge in [0.15, 0.2) is 0 Å². The molecule has 7 nitrogen and oxygen atoms in total. The zero-order valence-corrected chi connectivity index (χ0v) is 17.9. The molecule has 1 aromatic rings. The Morgan fingerprint density at radius 2 is 1.71 bits per heavy atom. The molecular formula is C19H32ClN3O4S. The number of hydrogen-bond donors (Lipinski definition) is 2. The summed E-state index contributed by atoms with van der Waals surface area (Å²) in [5, 5.41) is 2.90. The van der Waals surface area contributed by atoms with Crippen LogP contribution in [0, 0.1) is 0 Å². The fourth-order valence-corrected chi connectivity index (χ4v) is 4.61. The van der Waals surface area contributed by atoms with Crippen molar-refractivity contribution in [3.63, 3.8) is 0 Å². The second kappa shape index (κ2) is 13.1. The number of ether oxygens (including phenoxy) is 1. The molecule has 0 bridgehead atoms. The van der Waals surface area contributed by atoms with E-state index in [0.29, 0.717) is 45.8 Å². The van der Waals surface area contributed by atoms with E-state index in [1.165, 1.54) is 4.31 Å². The van der Waals surface area contributed by atoms with Gasteiger partial charge in [0, 0.05) is 26.1 Å². The summed E-state index contributed by atoms with van der Waals surface area (Å²) in [6.07, 6.45) is 4.37. The highest BCUT2D eigenvalue weighted by molar-refractivity contribution is 7.88. The Bertz CT molecular complexity index is 694. The van der Waals surface area contributed by atoms with E-state index in [0.717, 1.165) is 36.8 Å². The monoisotopic (exact) mass is 433 g/mol. The lowest BCUT2D eigenvalue weighted by Crippen LogP contribution is -2.41. The molecule has 1 fully saturated rings. The summed E-state index contributed by atoms with van der Waals surface area (Å²) in [6, 6.07) is 7.37. The molecule has 2 rings (SSSR count). The van der Waals surface area contributed by atoms with E-state index >= 15 is 0 Å². The lowest BCUT2D eigenvalue weighted by molar-refractivity contribution is -0.121. The maximum absolute atomic E-state index is 12.6. The molecule has 1 aromatic carbocycles. The van der Waals surface area contributed by atoms with E-state index in [1.54, 1.807) is 0 Å². The van der Waals surface area contributed by atoms with E-state index in [-0.39, 0.29) is 24.1 Å². The standard InChI is InChI=1S/C19H31N3O4S.ClH/c20-10-6-2-1-3-9-19(23)21-15-17-7-4-5-8-18(17)16-27(24,25)22-11-13-26-14-12-22;/h4-5,7-8H,1-3,6,9-16,20H2,(H,21,23);1H. The van der Waals surface area contributed by atoms with Crippen molar-refractivity contribution in [1.29, 1.82) is 0 Å². The maximum atomic E-state index is 12.6. The number of hydrogen-bond acceptors (Lipinski definition) is 5. The van der Waals surface area contributed by atoms with Crippen LogP contribution in [0.4, 0.5) is 0 Å². The molecule has 0 unspecified atom stereocenters. The van der Waals surface area contributed by atoms with Crippen LogP contribution in [0.2, 0.25) is 0 Å². The Kier molecular flexibility index (Phi) is 11.6. The summed E-state index contributed by atoms with van der Waals surface area (Å²) < 4.78 is 32.0. The fourth-order valence-electron chi connectivity index (χ4n) is 3.05. The van der Waals surface area contributed by atoms with Crippen LogP contribution in [-0.4, -0.2) is 51.5 Å². The fraction of sp³-hybridized carbons (Fsp3) is 0.632. The normalized spacial score (nSPS) is 15.0. The van der Waals surface area contributed by atoms with Crippen molar-refractivity contribution >= 4 is 28.3 Å². The average molecular weight is 434 g/mol. The molecule has 1 saturated heterocycles. The maximum Gasteiger partial charge on any atom is 0.220 e. The third-order valence-corrected chi connectivity index (χ3v) is 6.48. The first-order valence-electron chi connectivity index (χ1n) is 9.62. The molecule has 0 spiro atoms. The van der Waals surface area contributed by atoms with Gasteiger partial charge in [-0.25, -0.2) is 8.42 Å². The number of nitrogens with two attached hydrogens (primary N) is 1. The lowest BCUT2D eigenvalue weighted by Gasteiger charge is -2.26. The van der Waals surface area contributed by atoms with Gasteiger partial charge >= 0.3 is 0 Å². The molecule has 3 N–H and O–H groups in total. The number of halogens is 1. The van der Waals surface area contributed by atoms with Crippen LogP contribution < -0.4 is 11.1 Å². The molecule has 1 aliphatic heterocycles. The third kappa shape index (κ3) is 8.45. The minimum absolute atomic E-state index is 0. The predicted octanol–water partition coefficient (Wildman–Crippen LogP) is 1.80. The number of carbonyl (C=O) groups is 1. The number of nitrogens with one attached hydrogen (secondary N) is 1. The number of benzene rings is 1. The zero-order valence-electron chi connectivity index (χ0n) is 16.3. The van der Waals surface area contributed by atoms with Gasteiger partial charge in [0.05, 0.1) is 19.0 Å². The molecule has 0 aromatic heterocycles. The van der Waals surface area contributed by atoms with Gasteiger partial charge in [-0.2, -0.15) is 4.31 Å². The van der Waals surface area contributed by atoms with Crippen LogP contribution in [-0.2, 0) is 31.9 Å². The van der Waals surface area contributed by atoms with Crippen molar-refractivity contribution < 1.29 is 17.9 Å². The largest absolute Gasteiger partial charge is 0.379 e. The molecule has 1 aliphatic rings. The SMILES string of the molecule is Cl.NCCCCCCC(=O)NCc1ccccc1CS(=O)(=O)N1CCOCC1. The first-order chi connectivity index (χ1) is 13.0. The number of amides is 1. The van der Waals surface area contributed by atoms with Crippen LogP contribution >= 0.6 is 12.4 Å². The van der Waals surface area contributed by atoms with Crippen molar-refractivity contribution in [3.8, 4) is 0 Å². The molecule has 160 valence electrons. The topological polar surface area (TPSA) is 102 Å². The van der Waals surface area contributed by atoms with Gasteiger partial charge in [-0.15, -0.1) is 12.4 Å². The van der Waals surface area contributed by atoms with Crippen LogP contribution in [0.5, 0.6) is 0 Å². The van der Waals surface area contributed by atoms with Crippen LogP contribution in [0.3, 0.4) is 0 Å². The van der Waals surface area contributed by atoms with Gasteiger partial charge in [0.25, 0.3) is 0 Å². The quantitative estimate of drug-likeness (QED) is 0.518. The van der Waals surface area contributed by atoms with Crippen LogP contribution in [0.25, 0.3) is 0 Å². The summed E-state index contributed by atoms with van der Waals surface area (Å²) in [5.41, 5.74) is 7.02. The summed E-state index contributed by atoms with van der Waals surface area (Å²) in [6.45, 7) is 2.69. The average Bonchev–Trinajstić information content (AvgIpc) is 2.67. The Morgan fingerprint density at radius 1 is 1.07 bits per heavy atom. The van der Waals surface area contributed by atoms with Gasteiger partial charge in [-0.05, 0) is 30.5 Å². The van der Waals surface area contributed by atoms with Crippen molar-refractivity contribution in [1.82, 2.24) is 9.62 Å². The molecule has 0 atom stereocenters. The van der Waals surface area contributed by atoms with Crippen molar-refractivity contribution in [2.24, 2.45) is 5.73 Å². The van der Waals surface area contributed by atoms with Crippen molar-refractivity contribution in [2.45, 2.75) is 44.4 Å². The Labute approximate surface area is 174 Å². The lowest BCUT2D eigenvalue weighted by atomic mass is 10.1. The molecule has 0 radical (unpaired) electrons. The number of nitrogens with zero attached hydrogens (tertiary/aromatic N) is 1. The first kappa shape index (κ1) is 24.8. The molecular weight excluding hydrogens is 402 g/mol. The van der Waals surface area contributed by atoms with Gasteiger partial charge in [0.1, 0.15) is 0 Å².